The van der Waals surface area contributed by atoms with E-state index in [-0.39, 0.29) is 11.7 Å². The van der Waals surface area contributed by atoms with Gasteiger partial charge in [-0.3, -0.25) is 9.59 Å². The number of thiophene rings is 1. The number of nitrogens with zero attached hydrogens (tertiary/aromatic N) is 1. The van der Waals surface area contributed by atoms with Gasteiger partial charge in [0.15, 0.2) is 5.78 Å². The number of aryl methyl sites for hydroxylation is 2. The number of hydrogen-bond acceptors (Lipinski definition) is 5. The Labute approximate surface area is 267 Å². The Morgan fingerprint density at radius 2 is 1.82 bits per heavy atom. The van der Waals surface area contributed by atoms with Crippen LogP contribution in [0.3, 0.4) is 0 Å². The summed E-state index contributed by atoms with van der Waals surface area (Å²) in [6.07, 6.45) is 15.8. The van der Waals surface area contributed by atoms with E-state index in [0.717, 1.165) is 51.9 Å². The molecule has 2 aliphatic rings. The Hall–Kier alpha value is -3.51. The summed E-state index contributed by atoms with van der Waals surface area (Å²) >= 11 is 1.62. The molecule has 44 heavy (non-hydrogen) atoms. The van der Waals surface area contributed by atoms with Gasteiger partial charge in [0.2, 0.25) is 0 Å². The van der Waals surface area contributed by atoms with Gasteiger partial charge in [0.05, 0.1) is 10.6 Å². The van der Waals surface area contributed by atoms with Crippen molar-refractivity contribution in [2.24, 2.45) is 11.8 Å². The molecule has 1 saturated carbocycles. The van der Waals surface area contributed by atoms with Crippen LogP contribution in [-0.2, 0) is 17.6 Å². The summed E-state index contributed by atoms with van der Waals surface area (Å²) in [7, 11) is 0. The number of pyridine rings is 1. The quantitative estimate of drug-likeness (QED) is 0.177. The van der Waals surface area contributed by atoms with Crippen molar-refractivity contribution in [1.29, 1.82) is 0 Å². The minimum atomic E-state index is -0.0618. The predicted octanol–water partition coefficient (Wildman–Crippen LogP) is 9.89. The van der Waals surface area contributed by atoms with E-state index in [2.05, 4.69) is 36.6 Å². The first-order chi connectivity index (χ1) is 21.3. The van der Waals surface area contributed by atoms with E-state index >= 15 is 0 Å². The van der Waals surface area contributed by atoms with Crippen molar-refractivity contribution in [3.05, 3.63) is 92.5 Å². The molecule has 2 aliphatic carbocycles. The zero-order valence-electron chi connectivity index (χ0n) is 27.0. The number of anilines is 2. The topological polar surface area (TPSA) is 71.1 Å². The average molecular weight is 610 g/mol. The minimum absolute atomic E-state index is 0.0195. The van der Waals surface area contributed by atoms with Crippen molar-refractivity contribution in [1.82, 2.24) is 4.98 Å². The van der Waals surface area contributed by atoms with Gasteiger partial charge in [-0.05, 0) is 135 Å². The van der Waals surface area contributed by atoms with Crippen molar-refractivity contribution in [3.63, 3.8) is 0 Å². The predicted molar refractivity (Wildman–Crippen MR) is 185 cm³/mol. The fourth-order valence-corrected chi connectivity index (χ4v) is 7.85. The smallest absolute Gasteiger partial charge is 0.265 e. The lowest BCUT2D eigenvalue weighted by molar-refractivity contribution is -0.115. The highest BCUT2D eigenvalue weighted by Gasteiger charge is 2.24. The van der Waals surface area contributed by atoms with Gasteiger partial charge in [0.25, 0.3) is 5.91 Å². The Balaban J connectivity index is 1.32. The molecule has 1 fully saturated rings. The molecule has 5 rings (SSSR count). The summed E-state index contributed by atoms with van der Waals surface area (Å²) < 4.78 is 0. The molecule has 0 bridgehead atoms. The molecule has 0 saturated heterocycles. The lowest BCUT2D eigenvalue weighted by Crippen LogP contribution is -2.17. The number of hydrogen-bond donors (Lipinski definition) is 2. The fourth-order valence-electron chi connectivity index (χ4n) is 6.70. The zero-order valence-corrected chi connectivity index (χ0v) is 27.8. The molecule has 0 atom stereocenters. The minimum Gasteiger partial charge on any atom is -0.337 e. The van der Waals surface area contributed by atoms with Crippen LogP contribution in [0.1, 0.15) is 115 Å². The van der Waals surface area contributed by atoms with Crippen LogP contribution in [0.2, 0.25) is 0 Å². The molecule has 0 spiro atoms. The largest absolute Gasteiger partial charge is 0.337 e. The third kappa shape index (κ3) is 7.40. The van der Waals surface area contributed by atoms with E-state index in [9.17, 15) is 9.59 Å². The maximum absolute atomic E-state index is 13.2. The second-order valence-electron chi connectivity index (χ2n) is 12.7. The van der Waals surface area contributed by atoms with E-state index in [0.29, 0.717) is 23.9 Å². The number of allylic oxidation sites excluding steroid dienone is 4. The molecule has 2 heterocycles. The number of nitrogens with one attached hydrogen (secondary N) is 2. The van der Waals surface area contributed by atoms with Crippen LogP contribution in [0.15, 0.2) is 60.4 Å². The number of amides is 1. The van der Waals surface area contributed by atoms with Crippen molar-refractivity contribution < 1.29 is 9.59 Å². The first-order valence-corrected chi connectivity index (χ1v) is 17.3. The number of benzene rings is 1. The molecular formula is C38H47N3O2S. The van der Waals surface area contributed by atoms with E-state index in [4.69, 9.17) is 4.98 Å². The van der Waals surface area contributed by atoms with Crippen molar-refractivity contribution >= 4 is 40.1 Å². The van der Waals surface area contributed by atoms with Crippen LogP contribution in [0, 0.1) is 18.8 Å². The van der Waals surface area contributed by atoms with Gasteiger partial charge in [-0.25, -0.2) is 4.98 Å². The maximum Gasteiger partial charge on any atom is 0.265 e. The van der Waals surface area contributed by atoms with Crippen molar-refractivity contribution in [3.8, 4) is 0 Å². The third-order valence-electron chi connectivity index (χ3n) is 9.58. The van der Waals surface area contributed by atoms with E-state index in [1.807, 2.05) is 63.4 Å². The van der Waals surface area contributed by atoms with Crippen LogP contribution in [0.5, 0.6) is 0 Å². The van der Waals surface area contributed by atoms with Gasteiger partial charge < -0.3 is 10.6 Å². The second-order valence-corrected chi connectivity index (χ2v) is 13.9. The highest BCUT2D eigenvalue weighted by atomic mass is 32.1. The summed E-state index contributed by atoms with van der Waals surface area (Å²) in [4.78, 5) is 33.2. The molecular weight excluding hydrogens is 563 g/mol. The summed E-state index contributed by atoms with van der Waals surface area (Å²) in [5.74, 6) is 2.78. The molecule has 2 N–H and O–H groups in total. The molecule has 232 valence electrons. The second kappa shape index (κ2) is 14.5. The molecule has 1 aromatic carbocycles. The molecule has 1 amide bonds. The number of carbonyl (C=O) groups is 2. The highest BCUT2D eigenvalue weighted by molar-refractivity contribution is 7.14. The van der Waals surface area contributed by atoms with E-state index in [1.54, 1.807) is 11.3 Å². The highest BCUT2D eigenvalue weighted by Crippen LogP contribution is 2.38. The van der Waals surface area contributed by atoms with Crippen LogP contribution in [0.4, 0.5) is 11.5 Å². The van der Waals surface area contributed by atoms with Crippen LogP contribution < -0.4 is 10.6 Å². The van der Waals surface area contributed by atoms with Gasteiger partial charge in [-0.1, -0.05) is 45.0 Å². The first kappa shape index (κ1) is 31.9. The number of Topliss-reactive ketones (excluding diaryl/α,β-unsaturated/α-hetero) is 1. The lowest BCUT2D eigenvalue weighted by Gasteiger charge is -2.31. The fraction of sp³-hybridized carbons (Fsp3) is 0.447. The zero-order chi connectivity index (χ0) is 31.2. The molecule has 2 aromatic heterocycles. The molecule has 5 nitrogen and oxygen atoms in total. The van der Waals surface area contributed by atoms with E-state index in [1.165, 1.54) is 54.5 Å². The first-order valence-electron chi connectivity index (χ1n) is 16.4. The van der Waals surface area contributed by atoms with Crippen LogP contribution in [0.25, 0.3) is 5.57 Å². The number of fused-ring (bicyclic) bond motifs is 1. The Bertz CT molecular complexity index is 1510. The molecule has 3 aromatic rings. The summed E-state index contributed by atoms with van der Waals surface area (Å²) in [5, 5.41) is 6.47. The van der Waals surface area contributed by atoms with Gasteiger partial charge >= 0.3 is 0 Å². The average Bonchev–Trinajstić information content (AvgIpc) is 3.49. The third-order valence-corrected chi connectivity index (χ3v) is 10.8. The van der Waals surface area contributed by atoms with Gasteiger partial charge in [0.1, 0.15) is 5.82 Å². The molecule has 0 unspecified atom stereocenters. The normalized spacial score (nSPS) is 19.0. The summed E-state index contributed by atoms with van der Waals surface area (Å²) in [5.41, 5.74) is 6.75. The monoisotopic (exact) mass is 609 g/mol. The Morgan fingerprint density at radius 1 is 1.05 bits per heavy atom. The summed E-state index contributed by atoms with van der Waals surface area (Å²) in [6, 6.07) is 12.2. The van der Waals surface area contributed by atoms with Gasteiger partial charge in [0, 0.05) is 23.2 Å². The lowest BCUT2D eigenvalue weighted by atomic mass is 9.75. The van der Waals surface area contributed by atoms with E-state index < -0.39 is 0 Å². The SMILES string of the molecule is C/C=C(\C=C(\Nc1ccc(C2CCC(C(C)C)CC2)cn1)C(=O)CC)c1cccc(NC(=O)c2cc3c(s2)CCCC3)c1C. The molecule has 6 heteroatoms. The molecule has 0 radical (unpaired) electrons. The number of carbonyl (C=O) groups excluding carboxylic acids is 2. The van der Waals surface area contributed by atoms with Crippen LogP contribution in [-0.4, -0.2) is 16.7 Å². The molecule has 0 aliphatic heterocycles. The Kier molecular flexibility index (Phi) is 10.5. The standard InChI is InChI=1S/C38H47N3O2S/c1-6-26(31-12-10-13-32(25(31)5)41-38(43)36-22-29-11-8-9-14-35(29)44-36)21-33(34(42)7-2)40-37-20-19-30(23-39-37)28-17-15-27(16-18-28)24(3)4/h6,10,12-13,19-24,27-28H,7-9,11,14-18H2,1-5H3,(H,39,40)(H,41,43)/b26-6+,33-21+. The van der Waals surface area contributed by atoms with Gasteiger partial charge in [-0.2, -0.15) is 0 Å². The maximum atomic E-state index is 13.2. The number of aromatic nitrogens is 1. The summed E-state index contributed by atoms with van der Waals surface area (Å²) in [6.45, 7) is 10.5. The van der Waals surface area contributed by atoms with Crippen LogP contribution >= 0.6 is 11.3 Å². The van der Waals surface area contributed by atoms with Gasteiger partial charge in [-0.15, -0.1) is 11.3 Å². The van der Waals surface area contributed by atoms with Crippen molar-refractivity contribution in [2.75, 3.05) is 10.6 Å². The number of ketones is 1. The van der Waals surface area contributed by atoms with Crippen molar-refractivity contribution in [2.45, 2.75) is 98.3 Å². The Morgan fingerprint density at radius 3 is 2.48 bits per heavy atom. The number of rotatable bonds is 10.